The van der Waals surface area contributed by atoms with E-state index in [2.05, 4.69) is 54.6 Å². The first kappa shape index (κ1) is 25.9. The van der Waals surface area contributed by atoms with Crippen molar-refractivity contribution in [3.63, 3.8) is 0 Å². The third kappa shape index (κ3) is 4.45. The van der Waals surface area contributed by atoms with Gasteiger partial charge in [0, 0.05) is 12.5 Å². The minimum absolute atomic E-state index is 0.307. The lowest BCUT2D eigenvalue weighted by atomic mass is 9.44. The van der Waals surface area contributed by atoms with Crippen molar-refractivity contribution in [2.45, 2.75) is 136 Å². The highest BCUT2D eigenvalue weighted by Crippen LogP contribution is 2.68. The average Bonchev–Trinajstić information content (AvgIpc) is 3.08. The molecule has 0 aliphatic heterocycles. The quantitative estimate of drug-likeness (QED) is 0.284. The van der Waals surface area contributed by atoms with Crippen LogP contribution >= 0.6 is 0 Å². The number of rotatable bonds is 6. The number of fused-ring (bicyclic) bond motifs is 5. The number of aldehydes is 1. The Morgan fingerprint density at radius 2 is 1.64 bits per heavy atom. The van der Waals surface area contributed by atoms with Crippen LogP contribution in [0.3, 0.4) is 0 Å². The normalized spacial score (nSPS) is 44.5. The molecule has 0 saturated heterocycles. The van der Waals surface area contributed by atoms with Gasteiger partial charge >= 0.3 is 0 Å². The maximum Gasteiger partial charge on any atom is 0.192 e. The Bertz CT molecular complexity index is 711. The third-order valence-corrected chi connectivity index (χ3v) is 16.9. The van der Waals surface area contributed by atoms with Crippen LogP contribution in [0.4, 0.5) is 0 Å². The van der Waals surface area contributed by atoms with E-state index in [4.69, 9.17) is 4.43 Å². The maximum atomic E-state index is 11.0. The molecule has 1 unspecified atom stereocenters. The van der Waals surface area contributed by atoms with Gasteiger partial charge in [0.25, 0.3) is 0 Å². The number of hydrogen-bond acceptors (Lipinski definition) is 2. The second kappa shape index (κ2) is 9.06. The van der Waals surface area contributed by atoms with Crippen LogP contribution < -0.4 is 0 Å². The molecule has 9 atom stereocenters. The molecule has 4 saturated carbocycles. The molecule has 0 bridgehead atoms. The van der Waals surface area contributed by atoms with Crippen LogP contribution in [-0.2, 0) is 9.22 Å². The van der Waals surface area contributed by atoms with Crippen LogP contribution in [0.1, 0.15) is 112 Å². The first-order chi connectivity index (χ1) is 15.3. The summed E-state index contributed by atoms with van der Waals surface area (Å²) in [6.45, 7) is 19.8. The summed E-state index contributed by atoms with van der Waals surface area (Å²) in [6, 6.07) is 0. The molecule has 0 aromatic heterocycles. The van der Waals surface area contributed by atoms with Gasteiger partial charge in [-0.15, -0.1) is 0 Å². The molecule has 4 rings (SSSR count). The summed E-state index contributed by atoms with van der Waals surface area (Å²) in [4.78, 5) is 11.0. The fraction of sp³-hybridized carbons (Fsp3) is 0.967. The Balaban J connectivity index is 1.45. The van der Waals surface area contributed by atoms with Gasteiger partial charge in [-0.25, -0.2) is 0 Å². The Morgan fingerprint density at radius 1 is 0.970 bits per heavy atom. The average molecular weight is 475 g/mol. The van der Waals surface area contributed by atoms with Gasteiger partial charge in [-0.2, -0.15) is 0 Å². The van der Waals surface area contributed by atoms with Gasteiger partial charge in [0.15, 0.2) is 8.32 Å². The summed E-state index contributed by atoms with van der Waals surface area (Å²) in [5.74, 6) is 5.23. The highest BCUT2D eigenvalue weighted by Gasteiger charge is 2.60. The molecule has 3 heteroatoms. The monoisotopic (exact) mass is 474 g/mol. The highest BCUT2D eigenvalue weighted by atomic mass is 28.4. The Morgan fingerprint density at radius 3 is 2.30 bits per heavy atom. The molecule has 0 radical (unpaired) electrons. The Labute approximate surface area is 206 Å². The zero-order chi connectivity index (χ0) is 24.2. The van der Waals surface area contributed by atoms with Crippen LogP contribution in [0.2, 0.25) is 18.1 Å². The molecule has 0 N–H and O–H groups in total. The molecule has 2 nitrogen and oxygen atoms in total. The SMILES string of the molecule is C[C@H](CCC=O)[C@H]1CC[C@H]2[C@@H]3CC[C@@H]4CC(O[Si](C)(C)C(C)(C)C)CC[C@]4(C)[C@H]3CC[C@]12C. The summed E-state index contributed by atoms with van der Waals surface area (Å²) < 4.78 is 6.95. The van der Waals surface area contributed by atoms with Crippen molar-refractivity contribution in [3.05, 3.63) is 0 Å². The zero-order valence-corrected chi connectivity index (χ0v) is 24.2. The largest absolute Gasteiger partial charge is 0.414 e. The van der Waals surface area contributed by atoms with E-state index in [-0.39, 0.29) is 0 Å². The predicted octanol–water partition coefficient (Wildman–Crippen LogP) is 8.65. The van der Waals surface area contributed by atoms with Gasteiger partial charge in [0.2, 0.25) is 0 Å². The molecule has 4 aliphatic carbocycles. The fourth-order valence-electron chi connectivity index (χ4n) is 9.43. The predicted molar refractivity (Wildman–Crippen MR) is 142 cm³/mol. The molecule has 33 heavy (non-hydrogen) atoms. The molecule has 0 aromatic carbocycles. The van der Waals surface area contributed by atoms with E-state index in [1.54, 1.807) is 0 Å². The van der Waals surface area contributed by atoms with E-state index < -0.39 is 8.32 Å². The van der Waals surface area contributed by atoms with Crippen molar-refractivity contribution in [2.75, 3.05) is 0 Å². The van der Waals surface area contributed by atoms with Crippen LogP contribution in [0.15, 0.2) is 0 Å². The molecule has 0 amide bonds. The number of carbonyl (C=O) groups is 1. The molecule has 4 fully saturated rings. The number of hydrogen-bond donors (Lipinski definition) is 0. The third-order valence-electron chi connectivity index (χ3n) is 12.4. The minimum Gasteiger partial charge on any atom is -0.414 e. The van der Waals surface area contributed by atoms with E-state index >= 15 is 0 Å². The van der Waals surface area contributed by atoms with Crippen molar-refractivity contribution in [3.8, 4) is 0 Å². The standard InChI is InChI=1S/C30H54O2Si/c1-21(10-9-19-31)25-13-14-26-24-12-11-22-20-23(32-33(7,8)28(2,3)4)15-17-29(22,5)27(24)16-18-30(25,26)6/h19,21-27H,9-18,20H2,1-8H3/t21-,22-,23?,24+,25-,26+,27+,29+,30-/m1/s1. The lowest BCUT2D eigenvalue weighted by Gasteiger charge is -2.61. The molecule has 0 spiro atoms. The smallest absolute Gasteiger partial charge is 0.192 e. The van der Waals surface area contributed by atoms with E-state index in [0.717, 1.165) is 48.7 Å². The van der Waals surface area contributed by atoms with Crippen molar-refractivity contribution in [2.24, 2.45) is 46.3 Å². The summed E-state index contributed by atoms with van der Waals surface area (Å²) in [6.07, 6.45) is 16.1. The van der Waals surface area contributed by atoms with E-state index in [0.29, 0.717) is 27.9 Å². The van der Waals surface area contributed by atoms with Gasteiger partial charge in [-0.3, -0.25) is 0 Å². The van der Waals surface area contributed by atoms with E-state index in [9.17, 15) is 4.79 Å². The van der Waals surface area contributed by atoms with Gasteiger partial charge < -0.3 is 9.22 Å². The lowest BCUT2D eigenvalue weighted by Crippen LogP contribution is -2.55. The van der Waals surface area contributed by atoms with Crippen LogP contribution in [0, 0.1) is 46.3 Å². The van der Waals surface area contributed by atoms with Gasteiger partial charge in [-0.05, 0) is 129 Å². The molecule has 4 aliphatic rings. The van der Waals surface area contributed by atoms with Crippen LogP contribution in [0.25, 0.3) is 0 Å². The molecular formula is C30H54O2Si. The fourth-order valence-corrected chi connectivity index (χ4v) is 10.8. The molecule has 190 valence electrons. The molecular weight excluding hydrogens is 420 g/mol. The van der Waals surface area contributed by atoms with Crippen LogP contribution in [-0.4, -0.2) is 20.7 Å². The van der Waals surface area contributed by atoms with Gasteiger partial charge in [0.05, 0.1) is 0 Å². The van der Waals surface area contributed by atoms with Crippen molar-refractivity contribution in [1.29, 1.82) is 0 Å². The topological polar surface area (TPSA) is 26.3 Å². The highest BCUT2D eigenvalue weighted by molar-refractivity contribution is 6.74. The second-order valence-electron chi connectivity index (χ2n) is 14.9. The van der Waals surface area contributed by atoms with Gasteiger partial charge in [0.1, 0.15) is 6.29 Å². The maximum absolute atomic E-state index is 11.0. The van der Waals surface area contributed by atoms with Crippen LogP contribution in [0.5, 0.6) is 0 Å². The Hall–Kier alpha value is -0.153. The Kier molecular flexibility index (Phi) is 7.11. The summed E-state index contributed by atoms with van der Waals surface area (Å²) in [7, 11) is -1.69. The summed E-state index contributed by atoms with van der Waals surface area (Å²) in [5.41, 5.74) is 1.06. The molecule has 0 aromatic rings. The first-order valence-electron chi connectivity index (χ1n) is 14.4. The summed E-state index contributed by atoms with van der Waals surface area (Å²) in [5, 5.41) is 0.307. The van der Waals surface area contributed by atoms with Gasteiger partial charge in [-0.1, -0.05) is 41.5 Å². The van der Waals surface area contributed by atoms with E-state index in [1.807, 2.05) is 0 Å². The summed E-state index contributed by atoms with van der Waals surface area (Å²) >= 11 is 0. The second-order valence-corrected chi connectivity index (χ2v) is 19.6. The van der Waals surface area contributed by atoms with Crippen molar-refractivity contribution in [1.82, 2.24) is 0 Å². The van der Waals surface area contributed by atoms with Crippen molar-refractivity contribution < 1.29 is 9.22 Å². The first-order valence-corrected chi connectivity index (χ1v) is 17.4. The number of carbonyl (C=O) groups excluding carboxylic acids is 1. The van der Waals surface area contributed by atoms with E-state index in [1.165, 1.54) is 57.8 Å². The zero-order valence-electron chi connectivity index (χ0n) is 23.2. The lowest BCUT2D eigenvalue weighted by molar-refractivity contribution is -0.128. The minimum atomic E-state index is -1.69. The molecule has 0 heterocycles. The van der Waals surface area contributed by atoms with Crippen molar-refractivity contribution >= 4 is 14.6 Å².